The lowest BCUT2D eigenvalue weighted by Gasteiger charge is -2.34. The Bertz CT molecular complexity index is 539. The molecule has 0 bridgehead atoms. The summed E-state index contributed by atoms with van der Waals surface area (Å²) in [6.07, 6.45) is 0. The fourth-order valence-electron chi connectivity index (χ4n) is 2.92. The zero-order valence-electron chi connectivity index (χ0n) is 12.9. The smallest absolute Gasteiger partial charge is 0.218 e. The molecule has 106 valence electrons. The molecule has 0 saturated heterocycles. The van der Waals surface area contributed by atoms with Crippen molar-refractivity contribution in [3.63, 3.8) is 0 Å². The van der Waals surface area contributed by atoms with Crippen molar-refractivity contribution in [2.24, 2.45) is 0 Å². The van der Waals surface area contributed by atoms with E-state index in [-0.39, 0.29) is 0 Å². The van der Waals surface area contributed by atoms with Gasteiger partial charge in [-0.1, -0.05) is 78.9 Å². The number of benzene rings is 2. The van der Waals surface area contributed by atoms with Gasteiger partial charge in [-0.3, -0.25) is 0 Å². The van der Waals surface area contributed by atoms with Crippen LogP contribution in [0.4, 0.5) is 0 Å². The van der Waals surface area contributed by atoms with Crippen molar-refractivity contribution >= 4 is 26.8 Å². The molecule has 20 heavy (non-hydrogen) atoms. The summed E-state index contributed by atoms with van der Waals surface area (Å²) >= 11 is 0. The van der Waals surface area contributed by atoms with Crippen LogP contribution in [0.5, 0.6) is 0 Å². The van der Waals surface area contributed by atoms with Gasteiger partial charge in [-0.05, 0) is 17.4 Å². The molecule has 1 unspecified atom stereocenters. The molecule has 2 aromatic rings. The molecule has 1 atom stereocenters. The third-order valence-corrected chi connectivity index (χ3v) is 14.8. The number of hydrogen-bond acceptors (Lipinski definition) is 1. The van der Waals surface area contributed by atoms with Crippen molar-refractivity contribution in [3.8, 4) is 0 Å². The fourth-order valence-corrected chi connectivity index (χ4v) is 14.1. The van der Waals surface area contributed by atoms with Crippen molar-refractivity contribution in [1.82, 2.24) is 0 Å². The molecule has 0 spiro atoms. The van der Waals surface area contributed by atoms with Crippen LogP contribution in [-0.4, -0.2) is 23.5 Å². The summed E-state index contributed by atoms with van der Waals surface area (Å²) in [5.74, 6) is 0. The largest absolute Gasteiger partial charge is 0.416 e. The maximum atomic E-state index is 6.05. The van der Waals surface area contributed by atoms with Crippen LogP contribution in [0.1, 0.15) is 0 Å². The van der Waals surface area contributed by atoms with E-state index in [1.165, 1.54) is 16.0 Å². The molecular weight excluding hydrogens is 276 g/mol. The van der Waals surface area contributed by atoms with Crippen molar-refractivity contribution in [2.45, 2.75) is 25.3 Å². The zero-order valence-corrected chi connectivity index (χ0v) is 14.9. The van der Waals surface area contributed by atoms with E-state index in [9.17, 15) is 0 Å². The SMILES string of the molecule is CO[Si](C)(C[Si](C)(C)c1ccccc1)c1ccccc1. The molecular formula is C17H24OSi2. The highest BCUT2D eigenvalue weighted by Gasteiger charge is 2.39. The Morgan fingerprint density at radius 1 is 0.750 bits per heavy atom. The summed E-state index contributed by atoms with van der Waals surface area (Å²) in [7, 11) is -1.45. The summed E-state index contributed by atoms with van der Waals surface area (Å²) in [4.78, 5) is 0. The first-order chi connectivity index (χ1) is 9.48. The highest BCUT2D eigenvalue weighted by Crippen LogP contribution is 2.20. The third-order valence-electron chi connectivity index (χ3n) is 4.17. The molecule has 0 fully saturated rings. The molecule has 3 heteroatoms. The van der Waals surface area contributed by atoms with Crippen molar-refractivity contribution in [2.75, 3.05) is 7.11 Å². The molecule has 2 rings (SSSR count). The van der Waals surface area contributed by atoms with Gasteiger partial charge < -0.3 is 4.43 Å². The van der Waals surface area contributed by atoms with E-state index in [1.54, 1.807) is 0 Å². The first-order valence-electron chi connectivity index (χ1n) is 7.14. The van der Waals surface area contributed by atoms with E-state index < -0.39 is 16.4 Å². The summed E-state index contributed by atoms with van der Waals surface area (Å²) in [6.45, 7) is 7.26. The van der Waals surface area contributed by atoms with Gasteiger partial charge in [-0.25, -0.2) is 0 Å². The topological polar surface area (TPSA) is 9.23 Å². The highest BCUT2D eigenvalue weighted by molar-refractivity contribution is 7.04. The quantitative estimate of drug-likeness (QED) is 0.770. The first-order valence-corrected chi connectivity index (χ1v) is 13.0. The average Bonchev–Trinajstić information content (AvgIpc) is 2.48. The Kier molecular flexibility index (Phi) is 4.63. The molecule has 2 aromatic carbocycles. The van der Waals surface area contributed by atoms with Crippen LogP contribution in [0.25, 0.3) is 0 Å². The Morgan fingerprint density at radius 3 is 1.65 bits per heavy atom. The molecule has 0 saturated carbocycles. The molecule has 0 N–H and O–H groups in total. The second kappa shape index (κ2) is 6.08. The van der Waals surface area contributed by atoms with Gasteiger partial charge in [0.05, 0.1) is 8.07 Å². The standard InChI is InChI=1S/C17H24OSi2/c1-18-20(4,17-13-9-6-10-14-17)15-19(2,3)16-11-7-5-8-12-16/h5-14H,15H2,1-4H3. The van der Waals surface area contributed by atoms with E-state index in [4.69, 9.17) is 4.43 Å². The molecule has 0 heterocycles. The van der Waals surface area contributed by atoms with E-state index >= 15 is 0 Å². The minimum Gasteiger partial charge on any atom is -0.416 e. The molecule has 0 aromatic heterocycles. The van der Waals surface area contributed by atoms with Gasteiger partial charge in [-0.15, -0.1) is 0 Å². The predicted octanol–water partition coefficient (Wildman–Crippen LogP) is 3.27. The summed E-state index contributed by atoms with van der Waals surface area (Å²) in [5, 5.41) is 2.92. The van der Waals surface area contributed by atoms with Crippen LogP contribution in [0, 0.1) is 0 Å². The van der Waals surface area contributed by atoms with E-state index in [2.05, 4.69) is 80.3 Å². The van der Waals surface area contributed by atoms with Gasteiger partial charge in [0.15, 0.2) is 0 Å². The van der Waals surface area contributed by atoms with Gasteiger partial charge in [0.2, 0.25) is 8.32 Å². The second-order valence-corrected chi connectivity index (χ2v) is 15.4. The Balaban J connectivity index is 2.30. The maximum Gasteiger partial charge on any atom is 0.218 e. The van der Waals surface area contributed by atoms with E-state index in [0.29, 0.717) is 0 Å². The van der Waals surface area contributed by atoms with Crippen LogP contribution in [0.15, 0.2) is 60.7 Å². The maximum absolute atomic E-state index is 6.05. The minimum atomic E-state index is -1.86. The second-order valence-electron chi connectivity index (χ2n) is 6.23. The zero-order chi connectivity index (χ0) is 14.6. The van der Waals surface area contributed by atoms with Gasteiger partial charge in [-0.2, -0.15) is 0 Å². The predicted molar refractivity (Wildman–Crippen MR) is 93.1 cm³/mol. The third kappa shape index (κ3) is 3.29. The normalized spacial score (nSPS) is 14.8. The summed E-state index contributed by atoms with van der Waals surface area (Å²) in [6, 6.07) is 21.7. The van der Waals surface area contributed by atoms with Gasteiger partial charge in [0.1, 0.15) is 0 Å². The summed E-state index contributed by atoms with van der Waals surface area (Å²) in [5.41, 5.74) is 1.21. The Morgan fingerprint density at radius 2 is 1.20 bits per heavy atom. The number of hydrogen-bond donors (Lipinski definition) is 0. The Labute approximate surface area is 124 Å². The van der Waals surface area contributed by atoms with Gasteiger partial charge in [0.25, 0.3) is 0 Å². The Hall–Kier alpha value is -1.17. The minimum absolute atomic E-state index is 1.21. The molecule has 0 aliphatic heterocycles. The van der Waals surface area contributed by atoms with Crippen LogP contribution < -0.4 is 10.4 Å². The first kappa shape index (κ1) is 15.2. The van der Waals surface area contributed by atoms with Crippen LogP contribution in [-0.2, 0) is 4.43 Å². The number of rotatable bonds is 5. The monoisotopic (exact) mass is 300 g/mol. The lowest BCUT2D eigenvalue weighted by molar-refractivity contribution is 0.414. The lowest BCUT2D eigenvalue weighted by atomic mass is 10.4. The van der Waals surface area contributed by atoms with Crippen LogP contribution in [0.2, 0.25) is 25.3 Å². The molecule has 1 nitrogen and oxygen atoms in total. The van der Waals surface area contributed by atoms with Gasteiger partial charge >= 0.3 is 0 Å². The van der Waals surface area contributed by atoms with Gasteiger partial charge in [0, 0.05) is 7.11 Å². The molecule has 0 radical (unpaired) electrons. The molecule has 0 aliphatic rings. The van der Waals surface area contributed by atoms with Crippen molar-refractivity contribution in [1.29, 1.82) is 0 Å². The molecule has 0 amide bonds. The highest BCUT2D eigenvalue weighted by atomic mass is 28.4. The fraction of sp³-hybridized carbons (Fsp3) is 0.294. The van der Waals surface area contributed by atoms with Crippen molar-refractivity contribution < 1.29 is 4.43 Å². The van der Waals surface area contributed by atoms with Crippen molar-refractivity contribution in [3.05, 3.63) is 60.7 Å². The van der Waals surface area contributed by atoms with Crippen LogP contribution in [0.3, 0.4) is 0 Å². The molecule has 0 aliphatic carbocycles. The lowest BCUT2D eigenvalue weighted by Crippen LogP contribution is -2.56. The van der Waals surface area contributed by atoms with E-state index in [1.807, 2.05) is 7.11 Å². The average molecular weight is 301 g/mol. The summed E-state index contributed by atoms with van der Waals surface area (Å²) < 4.78 is 6.05. The van der Waals surface area contributed by atoms with E-state index in [0.717, 1.165) is 0 Å². The van der Waals surface area contributed by atoms with Crippen LogP contribution >= 0.6 is 0 Å².